The highest BCUT2D eigenvalue weighted by molar-refractivity contribution is 6.26. The van der Waals surface area contributed by atoms with Crippen molar-refractivity contribution in [2.75, 3.05) is 0 Å². The summed E-state index contributed by atoms with van der Waals surface area (Å²) in [5.74, 6) is 0. The molecule has 4 aromatic heterocycles. The molecular formula is C42H25N3. The van der Waals surface area contributed by atoms with Crippen molar-refractivity contribution in [3.05, 3.63) is 152 Å². The van der Waals surface area contributed by atoms with E-state index in [0.717, 1.165) is 0 Å². The first-order valence-electron chi connectivity index (χ1n) is 15.6. The average Bonchev–Trinajstić information content (AvgIpc) is 3.83. The molecular weight excluding hydrogens is 546 g/mol. The van der Waals surface area contributed by atoms with Crippen LogP contribution in [0.4, 0.5) is 0 Å². The van der Waals surface area contributed by atoms with Gasteiger partial charge in [-0.1, -0.05) is 103 Å². The maximum absolute atomic E-state index is 2.50. The van der Waals surface area contributed by atoms with Gasteiger partial charge in [0.25, 0.3) is 0 Å². The monoisotopic (exact) mass is 571 g/mol. The zero-order valence-electron chi connectivity index (χ0n) is 24.3. The molecule has 3 nitrogen and oxygen atoms in total. The molecule has 7 aromatic carbocycles. The summed E-state index contributed by atoms with van der Waals surface area (Å²) in [5, 5.41) is 10.2. The van der Waals surface area contributed by atoms with Gasteiger partial charge < -0.3 is 13.5 Å². The largest absolute Gasteiger partial charge is 0.309 e. The quantitative estimate of drug-likeness (QED) is 0.196. The van der Waals surface area contributed by atoms with Gasteiger partial charge in [-0.25, -0.2) is 0 Å². The van der Waals surface area contributed by atoms with E-state index in [4.69, 9.17) is 0 Å². The van der Waals surface area contributed by atoms with E-state index in [0.29, 0.717) is 0 Å². The van der Waals surface area contributed by atoms with E-state index in [1.54, 1.807) is 0 Å². The Balaban J connectivity index is 1.34. The van der Waals surface area contributed by atoms with Crippen molar-refractivity contribution >= 4 is 81.7 Å². The number of hydrogen-bond acceptors (Lipinski definition) is 0. The molecule has 0 fully saturated rings. The maximum Gasteiger partial charge on any atom is 0.0641 e. The first-order valence-corrected chi connectivity index (χ1v) is 15.6. The van der Waals surface area contributed by atoms with Crippen molar-refractivity contribution in [1.82, 2.24) is 13.5 Å². The fourth-order valence-corrected chi connectivity index (χ4v) is 8.26. The van der Waals surface area contributed by atoms with Gasteiger partial charge in [0.2, 0.25) is 0 Å². The summed E-state index contributed by atoms with van der Waals surface area (Å²) in [6.07, 6.45) is 0. The Morgan fingerprint density at radius 1 is 0.267 bits per heavy atom. The Morgan fingerprint density at radius 2 is 0.689 bits per heavy atom. The number of rotatable bonds is 2. The zero-order valence-corrected chi connectivity index (χ0v) is 24.3. The minimum atomic E-state index is 1.20. The van der Waals surface area contributed by atoms with Gasteiger partial charge in [-0.2, -0.15) is 0 Å². The molecule has 45 heavy (non-hydrogen) atoms. The Morgan fingerprint density at radius 3 is 1.33 bits per heavy atom. The lowest BCUT2D eigenvalue weighted by Crippen LogP contribution is -1.97. The highest BCUT2D eigenvalue weighted by Gasteiger charge is 2.24. The van der Waals surface area contributed by atoms with Crippen LogP contribution in [0.2, 0.25) is 0 Å². The SMILES string of the molecule is c1ccc2c(c1)c1ccccc1n2-c1cccc2c1c1ccccc1n2-c1ccc2c3ccccc3n3c4ccccc4c1c23. The van der Waals surface area contributed by atoms with Crippen LogP contribution in [0.5, 0.6) is 0 Å². The van der Waals surface area contributed by atoms with Crippen LogP contribution in [0, 0.1) is 0 Å². The summed E-state index contributed by atoms with van der Waals surface area (Å²) in [4.78, 5) is 0. The molecule has 3 heteroatoms. The second kappa shape index (κ2) is 8.31. The molecule has 0 radical (unpaired) electrons. The lowest BCUT2D eigenvalue weighted by Gasteiger charge is -2.12. The molecule has 0 unspecified atom stereocenters. The normalized spacial score (nSPS) is 12.4. The molecule has 0 aliphatic carbocycles. The summed E-state index contributed by atoms with van der Waals surface area (Å²) in [6.45, 7) is 0. The number of benzene rings is 7. The van der Waals surface area contributed by atoms with Crippen molar-refractivity contribution < 1.29 is 0 Å². The average molecular weight is 572 g/mol. The Labute approximate surface area is 257 Å². The number of para-hydroxylation sites is 5. The summed E-state index contributed by atoms with van der Waals surface area (Å²) in [6, 6.07) is 55.6. The van der Waals surface area contributed by atoms with Gasteiger partial charge in [0, 0.05) is 43.1 Å². The van der Waals surface area contributed by atoms with Crippen LogP contribution >= 0.6 is 0 Å². The Hall–Kier alpha value is -6.06. The molecule has 0 saturated carbocycles. The van der Waals surface area contributed by atoms with Gasteiger partial charge in [-0.05, 0) is 48.5 Å². The summed E-state index contributed by atoms with van der Waals surface area (Å²) < 4.78 is 7.43. The third-order valence-electron chi connectivity index (χ3n) is 9.97. The number of aromatic nitrogens is 3. The molecule has 0 amide bonds. The lowest BCUT2D eigenvalue weighted by molar-refractivity contribution is 1.18. The molecule has 0 N–H and O–H groups in total. The number of fused-ring (bicyclic) bond motifs is 12. The van der Waals surface area contributed by atoms with Crippen LogP contribution in [0.1, 0.15) is 0 Å². The van der Waals surface area contributed by atoms with Crippen LogP contribution in [0.25, 0.3) is 93.1 Å². The van der Waals surface area contributed by atoms with E-state index >= 15 is 0 Å². The highest BCUT2D eigenvalue weighted by atomic mass is 15.0. The van der Waals surface area contributed by atoms with Crippen molar-refractivity contribution in [1.29, 1.82) is 0 Å². The fraction of sp³-hybridized carbons (Fsp3) is 0. The van der Waals surface area contributed by atoms with Crippen LogP contribution in [0.3, 0.4) is 0 Å². The van der Waals surface area contributed by atoms with E-state index in [-0.39, 0.29) is 0 Å². The predicted octanol–water partition coefficient (Wildman–Crippen LogP) is 11.0. The third kappa shape index (κ3) is 2.82. The topological polar surface area (TPSA) is 14.3 Å². The zero-order chi connectivity index (χ0) is 29.2. The van der Waals surface area contributed by atoms with E-state index in [2.05, 4.69) is 165 Å². The maximum atomic E-state index is 2.50. The third-order valence-corrected chi connectivity index (χ3v) is 9.97. The smallest absolute Gasteiger partial charge is 0.0641 e. The first kappa shape index (κ1) is 23.4. The molecule has 0 aliphatic rings. The molecule has 0 spiro atoms. The number of nitrogens with zero attached hydrogens (tertiary/aromatic N) is 3. The van der Waals surface area contributed by atoms with Gasteiger partial charge in [-0.3, -0.25) is 0 Å². The molecule has 0 atom stereocenters. The van der Waals surface area contributed by atoms with Crippen molar-refractivity contribution in [2.24, 2.45) is 0 Å². The fourth-order valence-electron chi connectivity index (χ4n) is 8.26. The van der Waals surface area contributed by atoms with Crippen molar-refractivity contribution in [2.45, 2.75) is 0 Å². The first-order chi connectivity index (χ1) is 22.4. The van der Waals surface area contributed by atoms with E-state index in [1.807, 2.05) is 0 Å². The Bertz CT molecular complexity index is 2930. The van der Waals surface area contributed by atoms with Crippen LogP contribution in [-0.4, -0.2) is 13.5 Å². The van der Waals surface area contributed by atoms with Crippen LogP contribution in [0.15, 0.2) is 152 Å². The van der Waals surface area contributed by atoms with E-state index in [9.17, 15) is 0 Å². The van der Waals surface area contributed by atoms with Gasteiger partial charge in [0.15, 0.2) is 0 Å². The minimum Gasteiger partial charge on any atom is -0.309 e. The van der Waals surface area contributed by atoms with Gasteiger partial charge in [0.05, 0.1) is 50.0 Å². The molecule has 4 heterocycles. The van der Waals surface area contributed by atoms with Crippen molar-refractivity contribution in [3.63, 3.8) is 0 Å². The minimum absolute atomic E-state index is 1.20. The van der Waals surface area contributed by atoms with Crippen LogP contribution in [-0.2, 0) is 0 Å². The molecule has 11 aromatic rings. The van der Waals surface area contributed by atoms with Gasteiger partial charge in [0.1, 0.15) is 0 Å². The number of hydrogen-bond donors (Lipinski definition) is 0. The molecule has 11 rings (SSSR count). The molecule has 208 valence electrons. The second-order valence-electron chi connectivity index (χ2n) is 12.1. The highest BCUT2D eigenvalue weighted by Crippen LogP contribution is 2.45. The predicted molar refractivity (Wildman–Crippen MR) is 190 cm³/mol. The summed E-state index contributed by atoms with van der Waals surface area (Å²) in [5.41, 5.74) is 11.1. The standard InChI is InChI=1S/C42H25N3/c1-6-17-32-26(12-1)27-13-2-7-18-33(27)43(32)37-22-11-23-38-40(37)30-15-4-9-20-35(30)44(38)39-25-24-29-28-14-3-8-19-34(28)45-36-21-10-5-16-31(36)41(39)42(29)45/h1-25H. The molecule has 0 aliphatic heterocycles. The lowest BCUT2D eigenvalue weighted by atomic mass is 10.1. The van der Waals surface area contributed by atoms with Crippen molar-refractivity contribution in [3.8, 4) is 11.4 Å². The summed E-state index contributed by atoms with van der Waals surface area (Å²) in [7, 11) is 0. The van der Waals surface area contributed by atoms with E-state index in [1.165, 1.54) is 93.1 Å². The molecule has 0 bridgehead atoms. The van der Waals surface area contributed by atoms with E-state index < -0.39 is 0 Å². The Kier molecular flexibility index (Phi) is 4.32. The molecule has 0 saturated heterocycles. The van der Waals surface area contributed by atoms with Gasteiger partial charge >= 0.3 is 0 Å². The van der Waals surface area contributed by atoms with Gasteiger partial charge in [-0.15, -0.1) is 0 Å². The van der Waals surface area contributed by atoms with Crippen LogP contribution < -0.4 is 0 Å². The second-order valence-corrected chi connectivity index (χ2v) is 12.1. The summed E-state index contributed by atoms with van der Waals surface area (Å²) >= 11 is 0.